The number of benzene rings is 2. The normalized spacial score (nSPS) is 20.4. The molecule has 10 nitrogen and oxygen atoms in total. The van der Waals surface area contributed by atoms with Gasteiger partial charge in [0.2, 0.25) is 26.0 Å². The summed E-state index contributed by atoms with van der Waals surface area (Å²) in [6, 6.07) is 12.4. The molecule has 2 aromatic rings. The molecule has 0 saturated carbocycles. The van der Waals surface area contributed by atoms with Gasteiger partial charge < -0.3 is 15.0 Å². The Balaban J connectivity index is 1.38. The molecule has 0 aliphatic carbocycles. The second kappa shape index (κ2) is 11.5. The summed E-state index contributed by atoms with van der Waals surface area (Å²) in [4.78, 5) is 15.4. The number of sulfonamides is 2. The number of carbonyl (C=O) groups is 1. The van der Waals surface area contributed by atoms with Crippen molar-refractivity contribution in [1.82, 2.24) is 13.5 Å². The van der Waals surface area contributed by atoms with Gasteiger partial charge >= 0.3 is 0 Å². The summed E-state index contributed by atoms with van der Waals surface area (Å²) in [6.45, 7) is 5.01. The second-order valence-electron chi connectivity index (χ2n) is 9.33. The van der Waals surface area contributed by atoms with E-state index in [1.165, 1.54) is 32.9 Å². The van der Waals surface area contributed by atoms with Crippen molar-refractivity contribution >= 4 is 31.6 Å². The molecular formula is C25H34N4O6S2. The standard InChI is InChI=1S/C25H34N4O6S2/c1-3-35-22-8-12-24(13-9-22)37(33,34)29-14-4-5-20(19-29)25(30)26-21-6-10-23(11-7-21)36(31,32)28-17-15-27(2)16-18-28/h6-13,20H,3-5,14-19H2,1-2H3,(H,26,30)/t20-/m0/s1. The highest BCUT2D eigenvalue weighted by atomic mass is 32.2. The topological polar surface area (TPSA) is 116 Å². The minimum Gasteiger partial charge on any atom is -0.494 e. The Labute approximate surface area is 219 Å². The van der Waals surface area contributed by atoms with E-state index in [1.807, 2.05) is 14.0 Å². The Kier molecular flexibility index (Phi) is 8.54. The third-order valence-corrected chi connectivity index (χ3v) is 10.5. The first-order valence-electron chi connectivity index (χ1n) is 12.4. The first-order valence-corrected chi connectivity index (χ1v) is 15.3. The fourth-order valence-electron chi connectivity index (χ4n) is 4.53. The van der Waals surface area contributed by atoms with Crippen LogP contribution in [-0.2, 0) is 24.8 Å². The van der Waals surface area contributed by atoms with Crippen molar-refractivity contribution in [3.63, 3.8) is 0 Å². The molecule has 2 aliphatic rings. The lowest BCUT2D eigenvalue weighted by atomic mass is 9.99. The molecule has 2 saturated heterocycles. The van der Waals surface area contributed by atoms with Gasteiger partial charge in [0.15, 0.2) is 0 Å². The van der Waals surface area contributed by atoms with Crippen molar-refractivity contribution in [3.8, 4) is 5.75 Å². The van der Waals surface area contributed by atoms with Gasteiger partial charge in [-0.25, -0.2) is 16.8 Å². The highest BCUT2D eigenvalue weighted by Crippen LogP contribution is 2.26. The number of carbonyl (C=O) groups excluding carboxylic acids is 1. The van der Waals surface area contributed by atoms with E-state index in [-0.39, 0.29) is 22.2 Å². The highest BCUT2D eigenvalue weighted by molar-refractivity contribution is 7.89. The summed E-state index contributed by atoms with van der Waals surface area (Å²) in [5.74, 6) is -0.207. The molecular weight excluding hydrogens is 516 g/mol. The van der Waals surface area contributed by atoms with Gasteiger partial charge in [0.25, 0.3) is 0 Å². The lowest BCUT2D eigenvalue weighted by Crippen LogP contribution is -2.47. The number of nitrogens with one attached hydrogen (secondary N) is 1. The summed E-state index contributed by atoms with van der Waals surface area (Å²) in [6.07, 6.45) is 1.13. The van der Waals surface area contributed by atoms with Gasteiger partial charge in [-0.3, -0.25) is 4.79 Å². The van der Waals surface area contributed by atoms with E-state index >= 15 is 0 Å². The van der Waals surface area contributed by atoms with Gasteiger partial charge in [-0.05, 0) is 75.3 Å². The number of anilines is 1. The van der Waals surface area contributed by atoms with Crippen LogP contribution < -0.4 is 10.1 Å². The average Bonchev–Trinajstić information content (AvgIpc) is 2.90. The molecule has 1 N–H and O–H groups in total. The van der Waals surface area contributed by atoms with Crippen LogP contribution in [0.15, 0.2) is 58.3 Å². The minimum atomic E-state index is -3.75. The third kappa shape index (κ3) is 6.32. The predicted octanol–water partition coefficient (Wildman–Crippen LogP) is 2.06. The zero-order valence-electron chi connectivity index (χ0n) is 21.2. The van der Waals surface area contributed by atoms with Crippen molar-refractivity contribution in [2.24, 2.45) is 5.92 Å². The van der Waals surface area contributed by atoms with Crippen molar-refractivity contribution in [2.45, 2.75) is 29.6 Å². The van der Waals surface area contributed by atoms with Crippen LogP contribution in [-0.4, -0.2) is 89.2 Å². The van der Waals surface area contributed by atoms with E-state index in [1.54, 1.807) is 24.3 Å². The largest absolute Gasteiger partial charge is 0.494 e. The van der Waals surface area contributed by atoms with Crippen LogP contribution in [0.2, 0.25) is 0 Å². The van der Waals surface area contributed by atoms with E-state index in [0.717, 1.165) is 0 Å². The van der Waals surface area contributed by atoms with Gasteiger partial charge in [0.05, 0.1) is 22.3 Å². The zero-order valence-corrected chi connectivity index (χ0v) is 22.8. The van der Waals surface area contributed by atoms with E-state index in [2.05, 4.69) is 10.2 Å². The van der Waals surface area contributed by atoms with E-state index in [9.17, 15) is 21.6 Å². The molecule has 4 rings (SSSR count). The molecule has 1 amide bonds. The fraction of sp³-hybridized carbons (Fsp3) is 0.480. The maximum atomic E-state index is 13.2. The molecule has 1 atom stereocenters. The quantitative estimate of drug-likeness (QED) is 0.535. The summed E-state index contributed by atoms with van der Waals surface area (Å²) in [5.41, 5.74) is 0.467. The molecule has 0 spiro atoms. The van der Waals surface area contributed by atoms with E-state index in [4.69, 9.17) is 4.74 Å². The number of nitrogens with zero attached hydrogens (tertiary/aromatic N) is 3. The van der Waals surface area contributed by atoms with E-state index < -0.39 is 26.0 Å². The number of piperazine rings is 1. The first-order chi connectivity index (χ1) is 17.6. The Morgan fingerprint density at radius 1 is 0.865 bits per heavy atom. The van der Waals surface area contributed by atoms with Gasteiger partial charge in [0, 0.05) is 45.0 Å². The van der Waals surface area contributed by atoms with Crippen LogP contribution >= 0.6 is 0 Å². The Morgan fingerprint density at radius 2 is 1.43 bits per heavy atom. The van der Waals surface area contributed by atoms with Gasteiger partial charge in [-0.2, -0.15) is 8.61 Å². The summed E-state index contributed by atoms with van der Waals surface area (Å²) in [5, 5.41) is 2.82. The summed E-state index contributed by atoms with van der Waals surface area (Å²) < 4.78 is 60.4. The Hall–Kier alpha value is -2.51. The van der Waals surface area contributed by atoms with Gasteiger partial charge in [-0.1, -0.05) is 0 Å². The molecule has 2 aromatic carbocycles. The van der Waals surface area contributed by atoms with Crippen LogP contribution in [0.3, 0.4) is 0 Å². The van der Waals surface area contributed by atoms with Gasteiger partial charge in [-0.15, -0.1) is 0 Å². The van der Waals surface area contributed by atoms with Crippen LogP contribution in [0.4, 0.5) is 5.69 Å². The lowest BCUT2D eigenvalue weighted by Gasteiger charge is -2.31. The monoisotopic (exact) mass is 550 g/mol. The smallest absolute Gasteiger partial charge is 0.243 e. The number of ether oxygens (including phenoxy) is 1. The van der Waals surface area contributed by atoms with Crippen molar-refractivity contribution < 1.29 is 26.4 Å². The predicted molar refractivity (Wildman–Crippen MR) is 140 cm³/mol. The van der Waals surface area contributed by atoms with Gasteiger partial charge in [0.1, 0.15) is 5.75 Å². The molecule has 2 fully saturated rings. The molecule has 0 unspecified atom stereocenters. The summed E-state index contributed by atoms with van der Waals surface area (Å²) in [7, 11) is -5.38. The number of hydrogen-bond donors (Lipinski definition) is 1. The molecule has 0 bridgehead atoms. The molecule has 0 radical (unpaired) electrons. The molecule has 37 heavy (non-hydrogen) atoms. The van der Waals surface area contributed by atoms with Crippen LogP contribution in [0.5, 0.6) is 5.75 Å². The first kappa shape index (κ1) is 27.5. The Morgan fingerprint density at radius 3 is 2.03 bits per heavy atom. The number of likely N-dealkylation sites (N-methyl/N-ethyl adjacent to an activating group) is 1. The van der Waals surface area contributed by atoms with E-state index in [0.29, 0.717) is 63.6 Å². The minimum absolute atomic E-state index is 0.0806. The maximum Gasteiger partial charge on any atom is 0.243 e. The third-order valence-electron chi connectivity index (χ3n) is 6.75. The number of rotatable bonds is 8. The number of piperidine rings is 1. The Bertz CT molecular complexity index is 1290. The van der Waals surface area contributed by atoms with Crippen molar-refractivity contribution in [3.05, 3.63) is 48.5 Å². The molecule has 0 aromatic heterocycles. The van der Waals surface area contributed by atoms with Crippen LogP contribution in [0.1, 0.15) is 19.8 Å². The summed E-state index contributed by atoms with van der Waals surface area (Å²) >= 11 is 0. The molecule has 202 valence electrons. The van der Waals surface area contributed by atoms with Crippen LogP contribution in [0.25, 0.3) is 0 Å². The zero-order chi connectivity index (χ0) is 26.6. The average molecular weight is 551 g/mol. The number of hydrogen-bond acceptors (Lipinski definition) is 7. The fourth-order valence-corrected chi connectivity index (χ4v) is 7.48. The SMILES string of the molecule is CCOc1ccc(S(=O)(=O)N2CCC[C@H](C(=O)Nc3ccc(S(=O)(=O)N4CCN(C)CC4)cc3)C2)cc1. The van der Waals surface area contributed by atoms with Crippen molar-refractivity contribution in [1.29, 1.82) is 0 Å². The van der Waals surface area contributed by atoms with Crippen molar-refractivity contribution in [2.75, 3.05) is 58.2 Å². The lowest BCUT2D eigenvalue weighted by molar-refractivity contribution is -0.120. The highest BCUT2D eigenvalue weighted by Gasteiger charge is 2.33. The van der Waals surface area contributed by atoms with Crippen LogP contribution in [0, 0.1) is 5.92 Å². The second-order valence-corrected chi connectivity index (χ2v) is 13.2. The molecule has 12 heteroatoms. The molecule has 2 aliphatic heterocycles. The maximum absolute atomic E-state index is 13.2. The molecule has 2 heterocycles. The number of amides is 1.